The van der Waals surface area contributed by atoms with E-state index in [9.17, 15) is 0 Å². The molecule has 2 heterocycles. The Morgan fingerprint density at radius 3 is 2.65 bits per heavy atom. The van der Waals surface area contributed by atoms with Crippen molar-refractivity contribution in [2.24, 2.45) is 4.99 Å². The summed E-state index contributed by atoms with van der Waals surface area (Å²) < 4.78 is 0. The van der Waals surface area contributed by atoms with Crippen molar-refractivity contribution >= 4 is 46.2 Å². The standard InChI is InChI=1S/C15H11Cl2N3/c16-10-2-1-3-12(8-10)20-14-9-11(17)4-5-13(14)19-7-6-18-15(19)20/h1-5,8-9H,6-7H2. The van der Waals surface area contributed by atoms with Crippen LogP contribution in [0.25, 0.3) is 0 Å². The lowest BCUT2D eigenvalue weighted by molar-refractivity contribution is 1.03. The first-order valence-corrected chi connectivity index (χ1v) is 7.17. The third-order valence-electron chi connectivity index (χ3n) is 3.55. The van der Waals surface area contributed by atoms with Crippen LogP contribution in [0.4, 0.5) is 17.1 Å². The van der Waals surface area contributed by atoms with Gasteiger partial charge in [0.2, 0.25) is 5.96 Å². The van der Waals surface area contributed by atoms with Crippen LogP contribution in [0, 0.1) is 0 Å². The van der Waals surface area contributed by atoms with Crippen LogP contribution in [0.15, 0.2) is 47.5 Å². The summed E-state index contributed by atoms with van der Waals surface area (Å²) in [6.07, 6.45) is 0. The molecule has 0 aliphatic carbocycles. The SMILES string of the molecule is Clc1cccc(N2C3=NCCN3c3ccc(Cl)cc32)c1. The highest BCUT2D eigenvalue weighted by Gasteiger charge is 2.36. The molecule has 2 aliphatic rings. The number of rotatable bonds is 1. The van der Waals surface area contributed by atoms with Crippen LogP contribution < -0.4 is 9.80 Å². The highest BCUT2D eigenvalue weighted by molar-refractivity contribution is 6.32. The van der Waals surface area contributed by atoms with Gasteiger partial charge in [0.15, 0.2) is 0 Å². The summed E-state index contributed by atoms with van der Waals surface area (Å²) in [6, 6.07) is 13.7. The fourth-order valence-electron chi connectivity index (χ4n) is 2.74. The molecule has 0 saturated heterocycles. The third kappa shape index (κ3) is 1.70. The molecule has 3 nitrogen and oxygen atoms in total. The highest BCUT2D eigenvalue weighted by atomic mass is 35.5. The van der Waals surface area contributed by atoms with Crippen LogP contribution in [0.3, 0.4) is 0 Å². The van der Waals surface area contributed by atoms with Gasteiger partial charge in [-0.1, -0.05) is 29.3 Å². The van der Waals surface area contributed by atoms with Gasteiger partial charge >= 0.3 is 0 Å². The summed E-state index contributed by atoms with van der Waals surface area (Å²) in [4.78, 5) is 8.94. The molecule has 5 heteroatoms. The Kier molecular flexibility index (Phi) is 2.65. The number of fused-ring (bicyclic) bond motifs is 3. The van der Waals surface area contributed by atoms with Gasteiger partial charge in [0.05, 0.1) is 23.6 Å². The molecule has 0 atom stereocenters. The van der Waals surface area contributed by atoms with Crippen LogP contribution in [-0.4, -0.2) is 19.0 Å². The molecule has 0 amide bonds. The van der Waals surface area contributed by atoms with E-state index >= 15 is 0 Å². The Hall–Kier alpha value is -1.71. The molecule has 0 saturated carbocycles. The van der Waals surface area contributed by atoms with Crippen molar-refractivity contribution in [2.75, 3.05) is 22.9 Å². The molecule has 0 aromatic heterocycles. The smallest absolute Gasteiger partial charge is 0.210 e. The number of aliphatic imine (C=N–C) groups is 1. The van der Waals surface area contributed by atoms with E-state index < -0.39 is 0 Å². The molecule has 2 aromatic carbocycles. The number of hydrogen-bond donors (Lipinski definition) is 0. The van der Waals surface area contributed by atoms with Crippen molar-refractivity contribution in [3.8, 4) is 0 Å². The summed E-state index contributed by atoms with van der Waals surface area (Å²) in [6.45, 7) is 1.72. The average molecular weight is 304 g/mol. The molecular weight excluding hydrogens is 293 g/mol. The molecule has 2 aromatic rings. The van der Waals surface area contributed by atoms with Gasteiger partial charge < -0.3 is 4.90 Å². The predicted octanol–water partition coefficient (Wildman–Crippen LogP) is 4.32. The fraction of sp³-hybridized carbons (Fsp3) is 0.133. The normalized spacial score (nSPS) is 16.2. The average Bonchev–Trinajstić information content (AvgIpc) is 2.98. The topological polar surface area (TPSA) is 18.8 Å². The van der Waals surface area contributed by atoms with Crippen molar-refractivity contribution in [3.05, 3.63) is 52.5 Å². The van der Waals surface area contributed by atoms with E-state index in [0.717, 1.165) is 41.1 Å². The molecule has 100 valence electrons. The van der Waals surface area contributed by atoms with E-state index in [1.165, 1.54) is 0 Å². The zero-order valence-corrected chi connectivity index (χ0v) is 12.1. The molecule has 0 fully saturated rings. The van der Waals surface area contributed by atoms with Crippen molar-refractivity contribution in [3.63, 3.8) is 0 Å². The monoisotopic (exact) mass is 303 g/mol. The van der Waals surface area contributed by atoms with E-state index in [2.05, 4.69) is 14.8 Å². The van der Waals surface area contributed by atoms with Gasteiger partial charge in [-0.05, 0) is 36.4 Å². The Morgan fingerprint density at radius 2 is 1.80 bits per heavy atom. The molecule has 0 radical (unpaired) electrons. The molecule has 0 bridgehead atoms. The molecule has 0 spiro atoms. The fourth-order valence-corrected chi connectivity index (χ4v) is 3.09. The summed E-state index contributed by atoms with van der Waals surface area (Å²) in [7, 11) is 0. The number of anilines is 3. The first-order chi connectivity index (χ1) is 9.74. The minimum atomic E-state index is 0.711. The maximum absolute atomic E-state index is 6.15. The second kappa shape index (κ2) is 4.40. The summed E-state index contributed by atoms with van der Waals surface area (Å²) in [5.74, 6) is 0.949. The molecular formula is C15H11Cl2N3. The Bertz CT molecular complexity index is 727. The Morgan fingerprint density at radius 1 is 0.950 bits per heavy atom. The predicted molar refractivity (Wildman–Crippen MR) is 84.7 cm³/mol. The lowest BCUT2D eigenvalue weighted by atomic mass is 10.2. The van der Waals surface area contributed by atoms with Crippen LogP contribution in [0.2, 0.25) is 10.0 Å². The minimum Gasteiger partial charge on any atom is -0.308 e. The summed E-state index contributed by atoms with van der Waals surface area (Å²) in [5.41, 5.74) is 3.20. The molecule has 2 aliphatic heterocycles. The van der Waals surface area contributed by atoms with E-state index in [1.54, 1.807) is 0 Å². The number of nitrogens with zero attached hydrogens (tertiary/aromatic N) is 3. The molecule has 20 heavy (non-hydrogen) atoms. The molecule has 0 unspecified atom stereocenters. The number of hydrogen-bond acceptors (Lipinski definition) is 3. The van der Waals surface area contributed by atoms with Crippen LogP contribution >= 0.6 is 23.2 Å². The quantitative estimate of drug-likeness (QED) is 0.781. The van der Waals surface area contributed by atoms with E-state index in [0.29, 0.717) is 5.02 Å². The van der Waals surface area contributed by atoms with Crippen molar-refractivity contribution in [1.82, 2.24) is 0 Å². The van der Waals surface area contributed by atoms with E-state index in [1.807, 2.05) is 42.5 Å². The molecule has 4 rings (SSSR count). The van der Waals surface area contributed by atoms with Crippen molar-refractivity contribution < 1.29 is 0 Å². The van der Waals surface area contributed by atoms with Crippen molar-refractivity contribution in [1.29, 1.82) is 0 Å². The highest BCUT2D eigenvalue weighted by Crippen LogP contribution is 2.44. The Balaban J connectivity index is 1.93. The second-order valence-corrected chi connectivity index (χ2v) is 5.65. The third-order valence-corrected chi connectivity index (χ3v) is 4.02. The number of halogens is 2. The zero-order chi connectivity index (χ0) is 13.7. The lowest BCUT2D eigenvalue weighted by Crippen LogP contribution is -2.32. The summed E-state index contributed by atoms with van der Waals surface area (Å²) >= 11 is 12.3. The van der Waals surface area contributed by atoms with E-state index in [4.69, 9.17) is 23.2 Å². The Labute approximate surface area is 127 Å². The van der Waals surface area contributed by atoms with Gasteiger partial charge in [-0.15, -0.1) is 0 Å². The molecule has 0 N–H and O–H groups in total. The van der Waals surface area contributed by atoms with Crippen LogP contribution in [-0.2, 0) is 0 Å². The summed E-state index contributed by atoms with van der Waals surface area (Å²) in [5, 5.41) is 1.43. The first-order valence-electron chi connectivity index (χ1n) is 6.41. The maximum Gasteiger partial charge on any atom is 0.210 e. The largest absolute Gasteiger partial charge is 0.308 e. The van der Waals surface area contributed by atoms with Gasteiger partial charge in [0.25, 0.3) is 0 Å². The zero-order valence-electron chi connectivity index (χ0n) is 10.6. The van der Waals surface area contributed by atoms with Crippen LogP contribution in [0.5, 0.6) is 0 Å². The number of benzene rings is 2. The maximum atomic E-state index is 6.15. The van der Waals surface area contributed by atoms with Gasteiger partial charge in [0, 0.05) is 16.6 Å². The second-order valence-electron chi connectivity index (χ2n) is 4.78. The minimum absolute atomic E-state index is 0.711. The van der Waals surface area contributed by atoms with E-state index in [-0.39, 0.29) is 0 Å². The van der Waals surface area contributed by atoms with Gasteiger partial charge in [-0.2, -0.15) is 0 Å². The van der Waals surface area contributed by atoms with Gasteiger partial charge in [-0.25, -0.2) is 0 Å². The van der Waals surface area contributed by atoms with Crippen LogP contribution in [0.1, 0.15) is 0 Å². The van der Waals surface area contributed by atoms with Gasteiger partial charge in [-0.3, -0.25) is 9.89 Å². The lowest BCUT2D eigenvalue weighted by Gasteiger charge is -2.19. The van der Waals surface area contributed by atoms with Crippen molar-refractivity contribution in [2.45, 2.75) is 0 Å². The number of guanidine groups is 1. The van der Waals surface area contributed by atoms with Gasteiger partial charge in [0.1, 0.15) is 0 Å². The first kappa shape index (κ1) is 12.1.